The van der Waals surface area contributed by atoms with Crippen molar-refractivity contribution in [3.8, 4) is 0 Å². The normalized spacial score (nSPS) is 9.43. The molecular formula is C4H13N3. The van der Waals surface area contributed by atoms with E-state index < -0.39 is 0 Å². The smallest absolute Gasteiger partial charge is 0.0564 e. The van der Waals surface area contributed by atoms with E-state index in [0.717, 1.165) is 13.0 Å². The summed E-state index contributed by atoms with van der Waals surface area (Å²) in [4.78, 5) is 0. The Bertz CT molecular complexity index is 26.1. The molecule has 0 rings (SSSR count). The van der Waals surface area contributed by atoms with Gasteiger partial charge in [-0.25, -0.2) is 5.43 Å². The largest absolute Gasteiger partial charge is 0.317 e. The van der Waals surface area contributed by atoms with Gasteiger partial charge in [0.1, 0.15) is 0 Å². The first kappa shape index (κ1) is 6.88. The van der Waals surface area contributed by atoms with Gasteiger partial charge in [0.15, 0.2) is 0 Å². The van der Waals surface area contributed by atoms with Crippen molar-refractivity contribution >= 4 is 0 Å². The number of hydrogen-bond donors (Lipinski definition) is 3. The monoisotopic (exact) mass is 103 g/mol. The van der Waals surface area contributed by atoms with Gasteiger partial charge in [0.05, 0.1) is 6.67 Å². The fourth-order valence-electron chi connectivity index (χ4n) is 0.286. The minimum Gasteiger partial charge on any atom is -0.317 e. The molecule has 0 unspecified atom stereocenters. The van der Waals surface area contributed by atoms with Crippen molar-refractivity contribution < 1.29 is 0 Å². The van der Waals surface area contributed by atoms with Crippen molar-refractivity contribution in [1.82, 2.24) is 10.9 Å². The van der Waals surface area contributed by atoms with Crippen molar-refractivity contribution in [2.45, 2.75) is 13.3 Å². The fraction of sp³-hybridized carbons (Fsp3) is 1.00. The second-order valence-electron chi connectivity index (χ2n) is 1.31. The zero-order valence-corrected chi connectivity index (χ0v) is 4.70. The number of nitrogens with one attached hydrogen (secondary N) is 2. The zero-order valence-electron chi connectivity index (χ0n) is 4.70. The van der Waals surface area contributed by atoms with Crippen molar-refractivity contribution in [1.29, 1.82) is 0 Å². The Balaban J connectivity index is 2.45. The second-order valence-corrected chi connectivity index (χ2v) is 1.31. The Morgan fingerprint density at radius 3 is 2.57 bits per heavy atom. The average Bonchev–Trinajstić information content (AvgIpc) is 1.69. The van der Waals surface area contributed by atoms with E-state index in [1.807, 2.05) is 0 Å². The van der Waals surface area contributed by atoms with Gasteiger partial charge in [0, 0.05) is 6.54 Å². The number of hydrazine groups is 1. The summed E-state index contributed by atoms with van der Waals surface area (Å²) < 4.78 is 0. The van der Waals surface area contributed by atoms with Gasteiger partial charge in [-0.05, 0) is 6.42 Å². The van der Waals surface area contributed by atoms with E-state index in [9.17, 15) is 0 Å². The molecule has 0 amide bonds. The van der Waals surface area contributed by atoms with Crippen molar-refractivity contribution in [2.24, 2.45) is 5.73 Å². The van der Waals surface area contributed by atoms with Crippen LogP contribution in [0.15, 0.2) is 0 Å². The van der Waals surface area contributed by atoms with Crippen LogP contribution < -0.4 is 16.6 Å². The Kier molecular flexibility index (Phi) is 5.78. The van der Waals surface area contributed by atoms with E-state index in [-0.39, 0.29) is 0 Å². The van der Waals surface area contributed by atoms with E-state index >= 15 is 0 Å². The molecule has 0 spiro atoms. The number of hydrogen-bond acceptors (Lipinski definition) is 3. The molecule has 0 saturated carbocycles. The van der Waals surface area contributed by atoms with Gasteiger partial charge >= 0.3 is 0 Å². The lowest BCUT2D eigenvalue weighted by molar-refractivity contribution is 0.540. The van der Waals surface area contributed by atoms with Crippen LogP contribution >= 0.6 is 0 Å². The molecule has 0 atom stereocenters. The minimum absolute atomic E-state index is 0.500. The lowest BCUT2D eigenvalue weighted by atomic mass is 10.5. The molecule has 3 heteroatoms. The fourth-order valence-corrected chi connectivity index (χ4v) is 0.286. The molecule has 0 radical (unpaired) electrons. The highest BCUT2D eigenvalue weighted by Gasteiger charge is 1.74. The van der Waals surface area contributed by atoms with Crippen LogP contribution in [0.5, 0.6) is 0 Å². The van der Waals surface area contributed by atoms with Gasteiger partial charge in [0.25, 0.3) is 0 Å². The molecule has 0 aliphatic heterocycles. The van der Waals surface area contributed by atoms with Crippen LogP contribution in [-0.2, 0) is 0 Å². The van der Waals surface area contributed by atoms with E-state index in [1.54, 1.807) is 0 Å². The first-order valence-electron chi connectivity index (χ1n) is 2.57. The van der Waals surface area contributed by atoms with Gasteiger partial charge in [-0.1, -0.05) is 6.92 Å². The summed E-state index contributed by atoms with van der Waals surface area (Å²) in [5.74, 6) is 0. The molecule has 0 aromatic carbocycles. The van der Waals surface area contributed by atoms with Crippen LogP contribution in [0.1, 0.15) is 13.3 Å². The summed E-state index contributed by atoms with van der Waals surface area (Å²) in [5, 5.41) is 0. The second kappa shape index (κ2) is 5.88. The van der Waals surface area contributed by atoms with E-state index in [4.69, 9.17) is 5.73 Å². The maximum atomic E-state index is 5.10. The van der Waals surface area contributed by atoms with Crippen LogP contribution in [0.2, 0.25) is 0 Å². The molecule has 0 saturated heterocycles. The van der Waals surface area contributed by atoms with Gasteiger partial charge in [-0.2, -0.15) is 0 Å². The van der Waals surface area contributed by atoms with Crippen molar-refractivity contribution in [3.05, 3.63) is 0 Å². The zero-order chi connectivity index (χ0) is 5.54. The standard InChI is InChI=1S/C4H13N3/c1-2-3-6-7-4-5/h6-7H,2-5H2,1H3. The molecule has 0 fully saturated rings. The molecule has 0 bridgehead atoms. The molecule has 0 aromatic heterocycles. The molecule has 0 heterocycles. The Morgan fingerprint density at radius 2 is 2.14 bits per heavy atom. The molecule has 0 aliphatic carbocycles. The molecule has 44 valence electrons. The molecule has 3 nitrogen and oxygen atoms in total. The first-order valence-corrected chi connectivity index (χ1v) is 2.57. The van der Waals surface area contributed by atoms with Crippen LogP contribution in [0.3, 0.4) is 0 Å². The van der Waals surface area contributed by atoms with Gasteiger partial charge in [-0.15, -0.1) is 0 Å². The highest BCUT2D eigenvalue weighted by atomic mass is 15.4. The summed E-state index contributed by atoms with van der Waals surface area (Å²) in [7, 11) is 0. The van der Waals surface area contributed by atoms with Crippen LogP contribution in [0, 0.1) is 0 Å². The van der Waals surface area contributed by atoms with Crippen molar-refractivity contribution in [2.75, 3.05) is 13.2 Å². The lowest BCUT2D eigenvalue weighted by Crippen LogP contribution is -2.36. The Morgan fingerprint density at radius 1 is 1.43 bits per heavy atom. The summed E-state index contributed by atoms with van der Waals surface area (Å²) in [6.45, 7) is 3.59. The summed E-state index contributed by atoms with van der Waals surface area (Å²) >= 11 is 0. The quantitative estimate of drug-likeness (QED) is 0.253. The van der Waals surface area contributed by atoms with E-state index in [1.165, 1.54) is 0 Å². The molecule has 0 aromatic rings. The maximum Gasteiger partial charge on any atom is 0.0564 e. The van der Waals surface area contributed by atoms with Gasteiger partial charge in [0.2, 0.25) is 0 Å². The highest BCUT2D eigenvalue weighted by Crippen LogP contribution is 1.63. The lowest BCUT2D eigenvalue weighted by Gasteiger charge is -1.98. The average molecular weight is 103 g/mol. The topological polar surface area (TPSA) is 50.1 Å². The SMILES string of the molecule is CCCNNCN. The summed E-state index contributed by atoms with van der Waals surface area (Å²) in [6.07, 6.45) is 1.13. The van der Waals surface area contributed by atoms with Crippen LogP contribution in [-0.4, -0.2) is 13.2 Å². The number of rotatable bonds is 4. The predicted octanol–water partition coefficient (Wildman–Crippen LogP) is -0.593. The first-order chi connectivity index (χ1) is 3.41. The molecule has 7 heavy (non-hydrogen) atoms. The third-order valence-electron chi connectivity index (χ3n) is 0.602. The number of nitrogens with two attached hydrogens (primary N) is 1. The van der Waals surface area contributed by atoms with Gasteiger partial charge in [-0.3, -0.25) is 5.43 Å². The van der Waals surface area contributed by atoms with E-state index in [0.29, 0.717) is 6.67 Å². The highest BCUT2D eigenvalue weighted by molar-refractivity contribution is 4.32. The summed E-state index contributed by atoms with van der Waals surface area (Å²) in [5.41, 5.74) is 10.8. The van der Waals surface area contributed by atoms with Crippen molar-refractivity contribution in [3.63, 3.8) is 0 Å². The molecule has 0 aliphatic rings. The third kappa shape index (κ3) is 5.88. The minimum atomic E-state index is 0.500. The molecule has 4 N–H and O–H groups in total. The van der Waals surface area contributed by atoms with Crippen LogP contribution in [0.25, 0.3) is 0 Å². The maximum absolute atomic E-state index is 5.10. The summed E-state index contributed by atoms with van der Waals surface area (Å²) in [6, 6.07) is 0. The van der Waals surface area contributed by atoms with E-state index in [2.05, 4.69) is 17.8 Å². The van der Waals surface area contributed by atoms with Crippen LogP contribution in [0.4, 0.5) is 0 Å². The van der Waals surface area contributed by atoms with Gasteiger partial charge < -0.3 is 5.73 Å². The third-order valence-corrected chi connectivity index (χ3v) is 0.602. The Labute approximate surface area is 44.2 Å². The Hall–Kier alpha value is -0.120. The molecular weight excluding hydrogens is 90.1 g/mol. The predicted molar refractivity (Wildman–Crippen MR) is 30.5 cm³/mol.